The highest BCUT2D eigenvalue weighted by Gasteiger charge is 2.15. The van der Waals surface area contributed by atoms with Crippen LogP contribution in [0.4, 0.5) is 0 Å². The minimum Gasteiger partial charge on any atom is -0.314 e. The van der Waals surface area contributed by atoms with E-state index in [4.69, 9.17) is 4.99 Å². The minimum atomic E-state index is -0.113. The zero-order chi connectivity index (χ0) is 17.0. The molecule has 0 aromatic heterocycles. The summed E-state index contributed by atoms with van der Waals surface area (Å²) in [6.07, 6.45) is 0. The van der Waals surface area contributed by atoms with Crippen LogP contribution in [0.1, 0.15) is 26.3 Å². The molecule has 0 saturated heterocycles. The summed E-state index contributed by atoms with van der Waals surface area (Å²) in [6.45, 7) is 7.26. The molecule has 1 N–H and O–H groups in total. The number of fused-ring (bicyclic) bond motifs is 1. The number of hydrogen-bond acceptors (Lipinski definition) is 4. The number of rotatable bonds is 2. The van der Waals surface area contributed by atoms with Crippen LogP contribution < -0.4 is 5.32 Å². The van der Waals surface area contributed by atoms with Crippen molar-refractivity contribution in [2.24, 2.45) is 9.98 Å². The number of thioether (sulfide) groups is 2. The number of aliphatic imine (C=N–C) groups is 2. The molecule has 0 spiro atoms. The highest BCUT2D eigenvalue weighted by molar-refractivity contribution is 8.15. The molecule has 0 amide bonds. The summed E-state index contributed by atoms with van der Waals surface area (Å²) < 4.78 is 0. The van der Waals surface area contributed by atoms with Gasteiger partial charge in [-0.2, -0.15) is 0 Å². The maximum Gasteiger partial charge on any atom is 0.163 e. The van der Waals surface area contributed by atoms with Gasteiger partial charge in [0.25, 0.3) is 0 Å². The van der Waals surface area contributed by atoms with Gasteiger partial charge in [-0.3, -0.25) is 9.98 Å². The molecule has 5 heteroatoms. The van der Waals surface area contributed by atoms with Crippen molar-refractivity contribution in [1.82, 2.24) is 5.32 Å². The van der Waals surface area contributed by atoms with Crippen LogP contribution >= 0.6 is 23.5 Å². The third kappa shape index (κ3) is 4.77. The monoisotopic (exact) mass is 357 g/mol. The summed E-state index contributed by atoms with van der Waals surface area (Å²) >= 11 is 3.51. The molecule has 0 unspecified atom stereocenters. The molecule has 1 heterocycles. The third-order valence-corrected chi connectivity index (χ3v) is 5.29. The maximum atomic E-state index is 4.84. The molecule has 0 saturated carbocycles. The number of nitrogens with zero attached hydrogens (tertiary/aromatic N) is 2. The maximum absolute atomic E-state index is 4.84. The van der Waals surface area contributed by atoms with Gasteiger partial charge in [-0.15, -0.1) is 0 Å². The van der Waals surface area contributed by atoms with E-state index < -0.39 is 0 Å². The van der Waals surface area contributed by atoms with Crippen molar-refractivity contribution < 1.29 is 0 Å². The molecule has 0 bridgehead atoms. The molecule has 3 nitrogen and oxygen atoms in total. The Hall–Kier alpha value is -1.46. The van der Waals surface area contributed by atoms with E-state index in [1.54, 1.807) is 23.5 Å². The van der Waals surface area contributed by atoms with E-state index >= 15 is 0 Å². The van der Waals surface area contributed by atoms with Gasteiger partial charge in [0, 0.05) is 11.5 Å². The summed E-state index contributed by atoms with van der Waals surface area (Å²) in [5, 5.41) is 7.95. The summed E-state index contributed by atoms with van der Waals surface area (Å²) in [6, 6.07) is 15.0. The smallest absolute Gasteiger partial charge is 0.163 e. The van der Waals surface area contributed by atoms with E-state index in [1.165, 1.54) is 16.3 Å². The molecule has 0 atom stereocenters. The molecule has 0 aliphatic carbocycles. The van der Waals surface area contributed by atoms with Crippen LogP contribution in [0.3, 0.4) is 0 Å². The summed E-state index contributed by atoms with van der Waals surface area (Å²) in [5.74, 6) is 1.94. The van der Waals surface area contributed by atoms with Gasteiger partial charge in [0.15, 0.2) is 10.3 Å². The predicted octanol–water partition coefficient (Wildman–Crippen LogP) is 4.92. The summed E-state index contributed by atoms with van der Waals surface area (Å²) in [5.41, 5.74) is 1.22. The van der Waals surface area contributed by atoms with Crippen molar-refractivity contribution in [2.75, 3.05) is 12.3 Å². The lowest BCUT2D eigenvalue weighted by atomic mass is 10.1. The van der Waals surface area contributed by atoms with E-state index in [-0.39, 0.29) is 5.54 Å². The van der Waals surface area contributed by atoms with Gasteiger partial charge < -0.3 is 5.32 Å². The van der Waals surface area contributed by atoms with E-state index in [0.717, 1.165) is 28.4 Å². The quantitative estimate of drug-likeness (QED) is 0.612. The Labute approximate surface area is 152 Å². The van der Waals surface area contributed by atoms with Crippen molar-refractivity contribution in [1.29, 1.82) is 0 Å². The number of nitrogens with one attached hydrogen (secondary N) is 1. The highest BCUT2D eigenvalue weighted by Crippen LogP contribution is 2.24. The largest absolute Gasteiger partial charge is 0.314 e. The molecule has 2 aromatic carbocycles. The van der Waals surface area contributed by atoms with Crippen molar-refractivity contribution in [3.8, 4) is 0 Å². The van der Waals surface area contributed by atoms with Crippen LogP contribution in [-0.4, -0.2) is 28.2 Å². The van der Waals surface area contributed by atoms with Crippen LogP contribution in [-0.2, 0) is 5.75 Å². The second-order valence-electron chi connectivity index (χ2n) is 6.68. The van der Waals surface area contributed by atoms with Gasteiger partial charge >= 0.3 is 0 Å². The van der Waals surface area contributed by atoms with Gasteiger partial charge in [0.05, 0.1) is 12.1 Å². The molecule has 126 valence electrons. The molecule has 1 aliphatic heterocycles. The molecule has 0 radical (unpaired) electrons. The lowest BCUT2D eigenvalue weighted by Gasteiger charge is -2.17. The molecular weight excluding hydrogens is 334 g/mol. The second kappa shape index (κ2) is 7.62. The van der Waals surface area contributed by atoms with Crippen molar-refractivity contribution in [3.05, 3.63) is 48.0 Å². The van der Waals surface area contributed by atoms with Crippen molar-refractivity contribution >= 4 is 44.6 Å². The van der Waals surface area contributed by atoms with Crippen LogP contribution in [0.2, 0.25) is 0 Å². The number of amidine groups is 2. The van der Waals surface area contributed by atoms with E-state index in [1.807, 2.05) is 0 Å². The minimum absolute atomic E-state index is 0.113. The van der Waals surface area contributed by atoms with E-state index in [0.29, 0.717) is 0 Å². The first kappa shape index (κ1) is 17.4. The molecule has 1 aliphatic rings. The van der Waals surface area contributed by atoms with Crippen LogP contribution in [0, 0.1) is 0 Å². The van der Waals surface area contributed by atoms with Gasteiger partial charge in [-0.05, 0) is 37.1 Å². The summed E-state index contributed by atoms with van der Waals surface area (Å²) in [4.78, 5) is 9.33. The molecular formula is C19H23N3S2. The molecule has 3 rings (SSSR count). The Morgan fingerprint density at radius 1 is 1.21 bits per heavy atom. The third-order valence-electron chi connectivity index (χ3n) is 3.48. The second-order valence-corrected chi connectivity index (χ2v) is 8.72. The van der Waals surface area contributed by atoms with E-state index in [9.17, 15) is 0 Å². The fourth-order valence-electron chi connectivity index (χ4n) is 2.47. The number of benzene rings is 2. The fourth-order valence-corrected chi connectivity index (χ4v) is 4.31. The normalized spacial score (nSPS) is 15.6. The van der Waals surface area contributed by atoms with E-state index in [2.05, 4.69) is 73.5 Å². The van der Waals surface area contributed by atoms with Crippen LogP contribution in [0.5, 0.6) is 0 Å². The Kier molecular flexibility index (Phi) is 5.51. The Morgan fingerprint density at radius 2 is 2.00 bits per heavy atom. The SMILES string of the molecule is CC(C)(C)/N=C(\NC1=NCCS1)SCc1cccc2ccccc12. The van der Waals surface area contributed by atoms with Crippen LogP contribution in [0.25, 0.3) is 10.8 Å². The van der Waals surface area contributed by atoms with Gasteiger partial charge in [-0.25, -0.2) is 0 Å². The lowest BCUT2D eigenvalue weighted by molar-refractivity contribution is 0.584. The van der Waals surface area contributed by atoms with Gasteiger partial charge in [0.2, 0.25) is 0 Å². The summed E-state index contributed by atoms with van der Waals surface area (Å²) in [7, 11) is 0. The number of hydrogen-bond donors (Lipinski definition) is 1. The molecule has 0 fully saturated rings. The lowest BCUT2D eigenvalue weighted by Crippen LogP contribution is -2.28. The molecule has 2 aromatic rings. The standard InChI is InChI=1S/C19H23N3S2/c1-19(2,3)22-18(21-17-20-11-12-23-17)24-13-15-9-6-8-14-7-4-5-10-16(14)15/h4-10H,11-13H2,1-3H3,(H,20,21,22). The Balaban J connectivity index is 1.78. The van der Waals surface area contributed by atoms with Gasteiger partial charge in [0.1, 0.15) is 0 Å². The average molecular weight is 358 g/mol. The fraction of sp³-hybridized carbons (Fsp3) is 0.368. The first-order valence-corrected chi connectivity index (χ1v) is 10.1. The zero-order valence-corrected chi connectivity index (χ0v) is 16.0. The highest BCUT2D eigenvalue weighted by atomic mass is 32.2. The molecule has 24 heavy (non-hydrogen) atoms. The van der Waals surface area contributed by atoms with Gasteiger partial charge in [-0.1, -0.05) is 66.0 Å². The van der Waals surface area contributed by atoms with Crippen molar-refractivity contribution in [2.45, 2.75) is 32.1 Å². The Bertz CT molecular complexity index is 770. The average Bonchev–Trinajstić information content (AvgIpc) is 3.04. The first-order chi connectivity index (χ1) is 11.5. The topological polar surface area (TPSA) is 36.8 Å². The zero-order valence-electron chi connectivity index (χ0n) is 14.4. The van der Waals surface area contributed by atoms with Crippen molar-refractivity contribution in [3.63, 3.8) is 0 Å². The van der Waals surface area contributed by atoms with Crippen LogP contribution in [0.15, 0.2) is 52.4 Å². The Morgan fingerprint density at radius 3 is 2.75 bits per heavy atom. The predicted molar refractivity (Wildman–Crippen MR) is 110 cm³/mol. The first-order valence-electron chi connectivity index (χ1n) is 8.15.